The summed E-state index contributed by atoms with van der Waals surface area (Å²) >= 11 is 0. The molecule has 1 aromatic heterocycles. The molecule has 5 heteroatoms. The van der Waals surface area contributed by atoms with Crippen LogP contribution in [0.5, 0.6) is 11.5 Å². The molecule has 0 bridgehead atoms. The second-order valence-electron chi connectivity index (χ2n) is 10.7. The normalized spacial score (nSPS) is 11.7. The number of rotatable bonds is 9. The lowest BCUT2D eigenvalue weighted by Crippen LogP contribution is -2.07. The molecule has 0 saturated carbocycles. The molecule has 1 N–H and O–H groups in total. The van der Waals surface area contributed by atoms with Gasteiger partial charge in [-0.05, 0) is 40.3 Å². The summed E-state index contributed by atoms with van der Waals surface area (Å²) in [5.74, 6) is 2.56. The van der Waals surface area contributed by atoms with E-state index in [1.807, 2.05) is 66.7 Å². The molecule has 1 heterocycles. The van der Waals surface area contributed by atoms with Crippen molar-refractivity contribution in [3.8, 4) is 67.9 Å². The molecule has 6 rings (SSSR count). The molecule has 0 saturated heterocycles. The van der Waals surface area contributed by atoms with Gasteiger partial charge in [0.25, 0.3) is 0 Å². The van der Waals surface area contributed by atoms with E-state index in [9.17, 15) is 5.11 Å². The smallest absolute Gasteiger partial charge is 0.167 e. The van der Waals surface area contributed by atoms with E-state index in [2.05, 4.69) is 62.4 Å². The van der Waals surface area contributed by atoms with E-state index in [1.165, 1.54) is 0 Å². The van der Waals surface area contributed by atoms with Crippen LogP contribution in [0.1, 0.15) is 20.3 Å². The second-order valence-corrected chi connectivity index (χ2v) is 10.7. The van der Waals surface area contributed by atoms with Crippen molar-refractivity contribution in [3.05, 3.63) is 127 Å². The van der Waals surface area contributed by atoms with Crippen LogP contribution >= 0.6 is 0 Å². The molecule has 0 radical (unpaired) electrons. The number of phenolic OH excluding ortho intramolecular Hbond substituents is 1. The van der Waals surface area contributed by atoms with Gasteiger partial charge in [-0.3, -0.25) is 0 Å². The SMILES string of the molecule is CCC(C)COc1ccc(-c2nc(-c3ccc(-c4ccccc4)cc3)nc(-c3ccc(-c4ccccc4)cc3)n2)c(O)c1. The minimum atomic E-state index is 0.0589. The highest BCUT2D eigenvalue weighted by Gasteiger charge is 2.16. The van der Waals surface area contributed by atoms with Crippen molar-refractivity contribution < 1.29 is 9.84 Å². The molecule has 0 spiro atoms. The number of nitrogens with zero attached hydrogens (tertiary/aromatic N) is 3. The largest absolute Gasteiger partial charge is 0.507 e. The van der Waals surface area contributed by atoms with Gasteiger partial charge in [-0.2, -0.15) is 0 Å². The van der Waals surface area contributed by atoms with Crippen molar-refractivity contribution in [2.45, 2.75) is 20.3 Å². The predicted octanol–water partition coefficient (Wildman–Crippen LogP) is 9.34. The van der Waals surface area contributed by atoms with E-state index in [1.54, 1.807) is 12.1 Å². The van der Waals surface area contributed by atoms with Gasteiger partial charge >= 0.3 is 0 Å². The van der Waals surface area contributed by atoms with Gasteiger partial charge in [0.05, 0.1) is 12.2 Å². The zero-order valence-electron chi connectivity index (χ0n) is 24.3. The molecule has 6 aromatic rings. The van der Waals surface area contributed by atoms with Crippen LogP contribution in [0.25, 0.3) is 56.4 Å². The van der Waals surface area contributed by atoms with E-state index in [0.29, 0.717) is 41.3 Å². The van der Waals surface area contributed by atoms with Crippen LogP contribution in [0.4, 0.5) is 0 Å². The first-order valence-corrected chi connectivity index (χ1v) is 14.6. The van der Waals surface area contributed by atoms with Crippen LogP contribution in [0.3, 0.4) is 0 Å². The molecule has 0 aliphatic heterocycles. The third-order valence-electron chi connectivity index (χ3n) is 7.58. The van der Waals surface area contributed by atoms with Crippen molar-refractivity contribution in [1.29, 1.82) is 0 Å². The summed E-state index contributed by atoms with van der Waals surface area (Å²) in [6.45, 7) is 4.86. The maximum Gasteiger partial charge on any atom is 0.167 e. The Morgan fingerprint density at radius 2 is 1.00 bits per heavy atom. The maximum absolute atomic E-state index is 11.0. The van der Waals surface area contributed by atoms with Crippen molar-refractivity contribution in [1.82, 2.24) is 15.0 Å². The Morgan fingerprint density at radius 3 is 1.47 bits per heavy atom. The van der Waals surface area contributed by atoms with Crippen molar-refractivity contribution in [2.75, 3.05) is 6.61 Å². The van der Waals surface area contributed by atoms with Crippen LogP contribution in [0.15, 0.2) is 127 Å². The molecular weight excluding hydrogens is 530 g/mol. The first kappa shape index (κ1) is 27.9. The van der Waals surface area contributed by atoms with Gasteiger partial charge in [-0.25, -0.2) is 15.0 Å². The summed E-state index contributed by atoms with van der Waals surface area (Å²) in [7, 11) is 0. The highest BCUT2D eigenvalue weighted by molar-refractivity contribution is 5.73. The lowest BCUT2D eigenvalue weighted by Gasteiger charge is -2.13. The average molecular weight is 564 g/mol. The summed E-state index contributed by atoms with van der Waals surface area (Å²) in [4.78, 5) is 14.5. The summed E-state index contributed by atoms with van der Waals surface area (Å²) in [5, 5.41) is 11.0. The highest BCUT2D eigenvalue weighted by atomic mass is 16.5. The van der Waals surface area contributed by atoms with Gasteiger partial charge in [0.2, 0.25) is 0 Å². The number of benzene rings is 5. The van der Waals surface area contributed by atoms with Crippen LogP contribution in [0.2, 0.25) is 0 Å². The first-order chi connectivity index (χ1) is 21.1. The Balaban J connectivity index is 1.39. The van der Waals surface area contributed by atoms with Crippen molar-refractivity contribution in [3.63, 3.8) is 0 Å². The molecule has 43 heavy (non-hydrogen) atoms. The minimum absolute atomic E-state index is 0.0589. The van der Waals surface area contributed by atoms with Crippen LogP contribution in [0, 0.1) is 5.92 Å². The topological polar surface area (TPSA) is 68.1 Å². The van der Waals surface area contributed by atoms with Gasteiger partial charge in [0.15, 0.2) is 17.5 Å². The van der Waals surface area contributed by atoms with Crippen molar-refractivity contribution >= 4 is 0 Å². The quantitative estimate of drug-likeness (QED) is 0.190. The number of phenols is 1. The number of hydrogen-bond acceptors (Lipinski definition) is 5. The fourth-order valence-corrected chi connectivity index (χ4v) is 4.79. The molecule has 0 aliphatic rings. The molecule has 0 aliphatic carbocycles. The van der Waals surface area contributed by atoms with E-state index in [-0.39, 0.29) is 5.75 Å². The second kappa shape index (κ2) is 12.7. The fraction of sp³-hybridized carbons (Fsp3) is 0.132. The Labute approximate surface area is 252 Å². The number of ether oxygens (including phenoxy) is 1. The minimum Gasteiger partial charge on any atom is -0.507 e. The van der Waals surface area contributed by atoms with Crippen molar-refractivity contribution in [2.24, 2.45) is 5.92 Å². The zero-order valence-corrected chi connectivity index (χ0v) is 24.3. The summed E-state index contributed by atoms with van der Waals surface area (Å²) in [6.07, 6.45) is 1.03. The first-order valence-electron chi connectivity index (χ1n) is 14.6. The van der Waals surface area contributed by atoms with Crippen LogP contribution < -0.4 is 4.74 Å². The Bertz CT molecular complexity index is 1700. The average Bonchev–Trinajstić information content (AvgIpc) is 3.08. The Kier molecular flexibility index (Phi) is 8.23. The Morgan fingerprint density at radius 1 is 0.558 bits per heavy atom. The molecular formula is C38H33N3O2. The lowest BCUT2D eigenvalue weighted by atomic mass is 10.0. The van der Waals surface area contributed by atoms with Gasteiger partial charge in [-0.1, -0.05) is 129 Å². The summed E-state index contributed by atoms with van der Waals surface area (Å²) < 4.78 is 5.90. The van der Waals surface area contributed by atoms with Crippen LogP contribution in [-0.4, -0.2) is 26.7 Å². The molecule has 5 aromatic carbocycles. The molecule has 1 atom stereocenters. The molecule has 212 valence electrons. The third-order valence-corrected chi connectivity index (χ3v) is 7.58. The maximum atomic E-state index is 11.0. The molecule has 0 amide bonds. The van der Waals surface area contributed by atoms with Gasteiger partial charge < -0.3 is 9.84 Å². The molecule has 0 fully saturated rings. The third kappa shape index (κ3) is 6.47. The number of hydrogen-bond donors (Lipinski definition) is 1. The monoisotopic (exact) mass is 563 g/mol. The van der Waals surface area contributed by atoms with E-state index < -0.39 is 0 Å². The van der Waals surface area contributed by atoms with Gasteiger partial charge in [0, 0.05) is 17.2 Å². The predicted molar refractivity (Wildman–Crippen MR) is 174 cm³/mol. The molecule has 1 unspecified atom stereocenters. The van der Waals surface area contributed by atoms with Crippen LogP contribution in [-0.2, 0) is 0 Å². The zero-order chi connectivity index (χ0) is 29.6. The fourth-order valence-electron chi connectivity index (χ4n) is 4.79. The van der Waals surface area contributed by atoms with Gasteiger partial charge in [-0.15, -0.1) is 0 Å². The summed E-state index contributed by atoms with van der Waals surface area (Å²) in [5.41, 5.74) is 6.75. The Hall–Kier alpha value is -5.29. The highest BCUT2D eigenvalue weighted by Crippen LogP contribution is 2.34. The van der Waals surface area contributed by atoms with E-state index in [4.69, 9.17) is 19.7 Å². The molecule has 5 nitrogen and oxygen atoms in total. The van der Waals surface area contributed by atoms with E-state index in [0.717, 1.165) is 39.8 Å². The number of aromatic hydroxyl groups is 1. The lowest BCUT2D eigenvalue weighted by molar-refractivity contribution is 0.255. The van der Waals surface area contributed by atoms with Gasteiger partial charge in [0.1, 0.15) is 11.5 Å². The number of aromatic nitrogens is 3. The summed E-state index contributed by atoms with van der Waals surface area (Å²) in [6, 6.07) is 42.2. The standard InChI is InChI=1S/C38H33N3O2/c1-3-26(2)25-43-33-22-23-34(35(42)24-33)38-40-36(31-18-14-29(15-19-31)27-10-6-4-7-11-27)39-37(41-38)32-20-16-30(17-21-32)28-12-8-5-9-13-28/h4-24,26,42H,3,25H2,1-2H3. The van der Waals surface area contributed by atoms with E-state index >= 15 is 0 Å².